The summed E-state index contributed by atoms with van der Waals surface area (Å²) in [6.07, 6.45) is 0.413. The predicted molar refractivity (Wildman–Crippen MR) is 52.9 cm³/mol. The first kappa shape index (κ1) is 9.21. The fourth-order valence-corrected chi connectivity index (χ4v) is 2.36. The Bertz CT molecular complexity index is 397. The van der Waals surface area contributed by atoms with Gasteiger partial charge in [-0.05, 0) is 11.6 Å². The molecule has 2 rings (SSSR count). The normalized spacial score (nSPS) is 14.5. The van der Waals surface area contributed by atoms with Crippen molar-refractivity contribution < 1.29 is 14.3 Å². The first-order valence-electron chi connectivity index (χ1n) is 4.17. The molecular weight excluding hydrogens is 202 g/mol. The first-order chi connectivity index (χ1) is 6.70. The number of ether oxygens (including phenoxy) is 1. The van der Waals surface area contributed by atoms with Gasteiger partial charge < -0.3 is 10.1 Å². The van der Waals surface area contributed by atoms with E-state index in [2.05, 4.69) is 10.1 Å². The molecular formula is C9H9NO3S. The minimum Gasteiger partial charge on any atom is -0.465 e. The second-order valence-electron chi connectivity index (χ2n) is 3.03. The smallest absolute Gasteiger partial charge is 0.348 e. The summed E-state index contributed by atoms with van der Waals surface area (Å²) in [5.41, 5.74) is 0.895. The number of carbonyl (C=O) groups is 2. The number of nitrogens with one attached hydrogen (secondary N) is 1. The molecule has 1 aromatic rings. The molecule has 74 valence electrons. The Hall–Kier alpha value is -1.36. The minimum absolute atomic E-state index is 0.145. The Balaban J connectivity index is 2.32. The van der Waals surface area contributed by atoms with Crippen molar-refractivity contribution in [2.45, 2.75) is 6.42 Å². The van der Waals surface area contributed by atoms with Crippen molar-refractivity contribution in [1.29, 1.82) is 0 Å². The van der Waals surface area contributed by atoms with E-state index in [9.17, 15) is 9.59 Å². The lowest BCUT2D eigenvalue weighted by molar-refractivity contribution is -0.117. The summed E-state index contributed by atoms with van der Waals surface area (Å²) < 4.78 is 4.60. The van der Waals surface area contributed by atoms with Crippen LogP contribution in [0.1, 0.15) is 15.2 Å². The van der Waals surface area contributed by atoms with Crippen molar-refractivity contribution in [3.63, 3.8) is 0 Å². The number of ketones is 1. The minimum atomic E-state index is -0.348. The summed E-state index contributed by atoms with van der Waals surface area (Å²) in [6, 6.07) is 1.72. The molecule has 0 bridgehead atoms. The van der Waals surface area contributed by atoms with Crippen LogP contribution in [0.25, 0.3) is 0 Å². The summed E-state index contributed by atoms with van der Waals surface area (Å²) in [7, 11) is 1.35. The zero-order chi connectivity index (χ0) is 10.1. The number of Topliss-reactive ketones (excluding diaryl/α,β-unsaturated/α-hetero) is 1. The summed E-state index contributed by atoms with van der Waals surface area (Å²) >= 11 is 1.33. The van der Waals surface area contributed by atoms with Crippen molar-refractivity contribution in [2.24, 2.45) is 0 Å². The standard InChI is InChI=1S/C9H9NO3S/c1-13-9(12)7-3-5-2-6(11)4-10-8(5)14-7/h3,10H,2,4H2,1H3. The van der Waals surface area contributed by atoms with Crippen LogP contribution in [-0.2, 0) is 16.0 Å². The van der Waals surface area contributed by atoms with E-state index < -0.39 is 0 Å². The second-order valence-corrected chi connectivity index (χ2v) is 4.08. The molecule has 1 aliphatic heterocycles. The SMILES string of the molecule is COC(=O)c1cc2c(s1)NCC(=O)C2. The summed E-state index contributed by atoms with van der Waals surface area (Å²) in [4.78, 5) is 22.8. The molecule has 0 aliphatic carbocycles. The molecule has 2 heterocycles. The van der Waals surface area contributed by atoms with Gasteiger partial charge in [0.1, 0.15) is 4.88 Å². The highest BCUT2D eigenvalue weighted by Gasteiger charge is 2.20. The molecule has 0 saturated heterocycles. The number of hydrogen-bond donors (Lipinski definition) is 1. The van der Waals surface area contributed by atoms with Crippen LogP contribution in [0.5, 0.6) is 0 Å². The van der Waals surface area contributed by atoms with Crippen LogP contribution in [0, 0.1) is 0 Å². The van der Waals surface area contributed by atoms with Gasteiger partial charge in [0.25, 0.3) is 0 Å². The maximum absolute atomic E-state index is 11.2. The maximum Gasteiger partial charge on any atom is 0.348 e. The van der Waals surface area contributed by atoms with Gasteiger partial charge in [0.2, 0.25) is 0 Å². The average molecular weight is 211 g/mol. The van der Waals surface area contributed by atoms with Gasteiger partial charge in [0, 0.05) is 6.42 Å². The summed E-state index contributed by atoms with van der Waals surface area (Å²) in [5, 5.41) is 3.88. The highest BCUT2D eigenvalue weighted by molar-refractivity contribution is 7.18. The first-order valence-corrected chi connectivity index (χ1v) is 4.99. The second kappa shape index (κ2) is 3.42. The molecule has 0 amide bonds. The Morgan fingerprint density at radius 2 is 2.43 bits per heavy atom. The van der Waals surface area contributed by atoms with Crippen molar-refractivity contribution in [1.82, 2.24) is 0 Å². The van der Waals surface area contributed by atoms with Crippen LogP contribution in [0.15, 0.2) is 6.07 Å². The molecule has 14 heavy (non-hydrogen) atoms. The molecule has 0 saturated carbocycles. The summed E-state index contributed by atoms with van der Waals surface area (Å²) in [6.45, 7) is 0.355. The van der Waals surface area contributed by atoms with Gasteiger partial charge >= 0.3 is 5.97 Å². The molecule has 0 spiro atoms. The number of rotatable bonds is 1. The maximum atomic E-state index is 11.2. The topological polar surface area (TPSA) is 55.4 Å². The van der Waals surface area contributed by atoms with E-state index in [1.54, 1.807) is 6.07 Å². The van der Waals surface area contributed by atoms with Crippen molar-refractivity contribution in [2.75, 3.05) is 19.0 Å². The highest BCUT2D eigenvalue weighted by Crippen LogP contribution is 2.31. The lowest BCUT2D eigenvalue weighted by atomic mass is 10.1. The van der Waals surface area contributed by atoms with Crippen LogP contribution in [-0.4, -0.2) is 25.4 Å². The quantitative estimate of drug-likeness (QED) is 0.706. The number of methoxy groups -OCH3 is 1. The molecule has 0 aromatic carbocycles. The average Bonchev–Trinajstić information content (AvgIpc) is 2.59. The van der Waals surface area contributed by atoms with Gasteiger partial charge in [-0.25, -0.2) is 4.79 Å². The van der Waals surface area contributed by atoms with Crippen LogP contribution < -0.4 is 5.32 Å². The molecule has 0 atom stereocenters. The number of thiophene rings is 1. The molecule has 1 aliphatic rings. The van der Waals surface area contributed by atoms with Gasteiger partial charge in [-0.3, -0.25) is 4.79 Å². The molecule has 1 N–H and O–H groups in total. The summed E-state index contributed by atoms with van der Waals surface area (Å²) in [5.74, 6) is -0.203. The molecule has 1 aromatic heterocycles. The van der Waals surface area contributed by atoms with Crippen LogP contribution in [0.3, 0.4) is 0 Å². The third-order valence-electron chi connectivity index (χ3n) is 2.03. The monoisotopic (exact) mass is 211 g/mol. The third kappa shape index (κ3) is 1.50. The number of esters is 1. The van der Waals surface area contributed by atoms with E-state index in [1.807, 2.05) is 0 Å². The Morgan fingerprint density at radius 1 is 1.64 bits per heavy atom. The van der Waals surface area contributed by atoms with Crippen LogP contribution in [0.2, 0.25) is 0 Å². The fraction of sp³-hybridized carbons (Fsp3) is 0.333. The molecule has 4 nitrogen and oxygen atoms in total. The number of hydrogen-bond acceptors (Lipinski definition) is 5. The van der Waals surface area contributed by atoms with Gasteiger partial charge in [0.05, 0.1) is 18.7 Å². The Kier molecular flexibility index (Phi) is 2.25. The van der Waals surface area contributed by atoms with Gasteiger partial charge in [-0.1, -0.05) is 0 Å². The van der Waals surface area contributed by atoms with E-state index in [1.165, 1.54) is 18.4 Å². The molecule has 0 unspecified atom stereocenters. The number of carbonyl (C=O) groups excluding carboxylic acids is 2. The van der Waals surface area contributed by atoms with E-state index in [4.69, 9.17) is 0 Å². The molecule has 0 fully saturated rings. The molecule has 5 heteroatoms. The van der Waals surface area contributed by atoms with Gasteiger partial charge in [-0.15, -0.1) is 11.3 Å². The fourth-order valence-electron chi connectivity index (χ4n) is 1.36. The lowest BCUT2D eigenvalue weighted by Gasteiger charge is -2.11. The van der Waals surface area contributed by atoms with Crippen molar-refractivity contribution in [3.8, 4) is 0 Å². The predicted octanol–water partition coefficient (Wildman–Crippen LogP) is 1.07. The van der Waals surface area contributed by atoms with Crippen LogP contribution >= 0.6 is 11.3 Å². The lowest BCUT2D eigenvalue weighted by Crippen LogP contribution is -2.20. The highest BCUT2D eigenvalue weighted by atomic mass is 32.1. The van der Waals surface area contributed by atoms with Gasteiger partial charge in [0.15, 0.2) is 5.78 Å². The Labute approximate surface area is 84.9 Å². The zero-order valence-electron chi connectivity index (χ0n) is 7.62. The van der Waals surface area contributed by atoms with Crippen molar-refractivity contribution >= 4 is 28.1 Å². The van der Waals surface area contributed by atoms with E-state index in [0.717, 1.165) is 10.6 Å². The van der Waals surface area contributed by atoms with E-state index in [0.29, 0.717) is 17.8 Å². The largest absolute Gasteiger partial charge is 0.465 e. The Morgan fingerprint density at radius 3 is 3.14 bits per heavy atom. The zero-order valence-corrected chi connectivity index (χ0v) is 8.44. The van der Waals surface area contributed by atoms with E-state index >= 15 is 0 Å². The third-order valence-corrected chi connectivity index (χ3v) is 3.14. The van der Waals surface area contributed by atoms with Crippen LogP contribution in [0.4, 0.5) is 5.00 Å². The van der Waals surface area contributed by atoms with Gasteiger partial charge in [-0.2, -0.15) is 0 Å². The van der Waals surface area contributed by atoms with Crippen molar-refractivity contribution in [3.05, 3.63) is 16.5 Å². The molecule has 0 radical (unpaired) electrons. The number of fused-ring (bicyclic) bond motifs is 1. The van der Waals surface area contributed by atoms with E-state index in [-0.39, 0.29) is 11.8 Å². The number of anilines is 1.